The van der Waals surface area contributed by atoms with E-state index in [1.165, 1.54) is 11.8 Å². The number of thioether (sulfide) groups is 1. The van der Waals surface area contributed by atoms with Crippen LogP contribution in [-0.2, 0) is 6.54 Å². The summed E-state index contributed by atoms with van der Waals surface area (Å²) >= 11 is 1.46. The number of aromatic nitrogens is 2. The van der Waals surface area contributed by atoms with Crippen molar-refractivity contribution < 1.29 is 0 Å². The largest absolute Gasteiger partial charge is 0.283 e. The minimum atomic E-state index is -0.0939. The maximum absolute atomic E-state index is 12.9. The summed E-state index contributed by atoms with van der Waals surface area (Å²) in [5, 5.41) is 10.3. The minimum absolute atomic E-state index is 0.0448. The second kappa shape index (κ2) is 7.33. The molecule has 1 aromatic heterocycles. The summed E-state index contributed by atoms with van der Waals surface area (Å²) in [6.45, 7) is 2.34. The van der Waals surface area contributed by atoms with Crippen LogP contribution in [0.1, 0.15) is 12.5 Å². The number of nitrogens with zero attached hydrogens (tertiary/aromatic N) is 3. The molecule has 3 rings (SSSR count). The summed E-state index contributed by atoms with van der Waals surface area (Å²) < 4.78 is 1.70. The fourth-order valence-electron chi connectivity index (χ4n) is 2.40. The maximum atomic E-state index is 12.9. The van der Waals surface area contributed by atoms with Crippen LogP contribution in [-0.4, -0.2) is 15.3 Å². The number of benzene rings is 2. The number of para-hydroxylation sites is 1. The molecular weight excluding hydrogens is 318 g/mol. The number of hydrogen-bond acceptors (Lipinski definition) is 4. The summed E-state index contributed by atoms with van der Waals surface area (Å²) in [4.78, 5) is 17.6. The first kappa shape index (κ1) is 16.3. The van der Waals surface area contributed by atoms with Gasteiger partial charge in [0.05, 0.1) is 29.4 Å². The zero-order valence-corrected chi connectivity index (χ0v) is 14.2. The van der Waals surface area contributed by atoms with Gasteiger partial charge in [0, 0.05) is 5.75 Å². The molecule has 0 saturated heterocycles. The lowest BCUT2D eigenvalue weighted by Gasteiger charge is -2.13. The number of nitriles is 1. The quantitative estimate of drug-likeness (QED) is 0.527. The first-order chi connectivity index (χ1) is 11.7. The van der Waals surface area contributed by atoms with Crippen LogP contribution in [0.25, 0.3) is 10.9 Å². The Morgan fingerprint density at radius 2 is 1.88 bits per heavy atom. The highest BCUT2D eigenvalue weighted by Crippen LogP contribution is 2.21. The van der Waals surface area contributed by atoms with Gasteiger partial charge in [0.15, 0.2) is 5.16 Å². The molecule has 0 saturated carbocycles. The lowest BCUT2D eigenvalue weighted by Crippen LogP contribution is -2.24. The molecule has 5 heteroatoms. The summed E-state index contributed by atoms with van der Waals surface area (Å²) in [5.41, 5.74) is 1.70. The maximum Gasteiger partial charge on any atom is 0.262 e. The van der Waals surface area contributed by atoms with Gasteiger partial charge in [-0.05, 0) is 24.6 Å². The Kier molecular flexibility index (Phi) is 4.97. The van der Waals surface area contributed by atoms with Crippen molar-refractivity contribution in [3.8, 4) is 6.07 Å². The van der Waals surface area contributed by atoms with Crippen molar-refractivity contribution in [1.29, 1.82) is 5.26 Å². The van der Waals surface area contributed by atoms with Gasteiger partial charge in [0.25, 0.3) is 5.56 Å². The third-order valence-electron chi connectivity index (χ3n) is 3.69. The molecule has 0 aliphatic carbocycles. The van der Waals surface area contributed by atoms with Gasteiger partial charge in [-0.3, -0.25) is 9.36 Å². The third-order valence-corrected chi connectivity index (χ3v) is 4.93. The monoisotopic (exact) mass is 335 g/mol. The van der Waals surface area contributed by atoms with Crippen molar-refractivity contribution in [1.82, 2.24) is 9.55 Å². The predicted molar refractivity (Wildman–Crippen MR) is 97.0 cm³/mol. The van der Waals surface area contributed by atoms with E-state index in [1.54, 1.807) is 10.6 Å². The molecule has 0 N–H and O–H groups in total. The molecule has 1 heterocycles. The molecule has 120 valence electrons. The van der Waals surface area contributed by atoms with Gasteiger partial charge in [-0.15, -0.1) is 0 Å². The van der Waals surface area contributed by atoms with E-state index in [-0.39, 0.29) is 11.5 Å². The molecule has 0 unspecified atom stereocenters. The molecule has 4 nitrogen and oxygen atoms in total. The van der Waals surface area contributed by atoms with Crippen molar-refractivity contribution in [2.75, 3.05) is 5.75 Å². The van der Waals surface area contributed by atoms with Gasteiger partial charge in [-0.2, -0.15) is 5.26 Å². The van der Waals surface area contributed by atoms with Crippen LogP contribution in [0.3, 0.4) is 0 Å². The highest BCUT2D eigenvalue weighted by Gasteiger charge is 2.13. The highest BCUT2D eigenvalue weighted by molar-refractivity contribution is 7.99. The zero-order chi connectivity index (χ0) is 16.9. The van der Waals surface area contributed by atoms with Gasteiger partial charge in [-0.25, -0.2) is 4.98 Å². The molecule has 0 aliphatic rings. The summed E-state index contributed by atoms with van der Waals surface area (Å²) in [5.74, 6) is 0.513. The van der Waals surface area contributed by atoms with Crippen LogP contribution >= 0.6 is 11.8 Å². The van der Waals surface area contributed by atoms with E-state index < -0.39 is 0 Å². The van der Waals surface area contributed by atoms with E-state index in [9.17, 15) is 4.79 Å². The fourth-order valence-corrected chi connectivity index (χ4v) is 3.34. The van der Waals surface area contributed by atoms with Crippen molar-refractivity contribution in [3.05, 3.63) is 70.5 Å². The van der Waals surface area contributed by atoms with Crippen LogP contribution in [0.5, 0.6) is 0 Å². The van der Waals surface area contributed by atoms with Crippen molar-refractivity contribution in [3.63, 3.8) is 0 Å². The van der Waals surface area contributed by atoms with Crippen molar-refractivity contribution in [2.45, 2.75) is 18.6 Å². The lowest BCUT2D eigenvalue weighted by atomic mass is 10.2. The second-order valence-electron chi connectivity index (χ2n) is 5.63. The smallest absolute Gasteiger partial charge is 0.262 e. The fraction of sp³-hybridized carbons (Fsp3) is 0.211. The van der Waals surface area contributed by atoms with Crippen LogP contribution < -0.4 is 5.56 Å². The molecule has 0 bridgehead atoms. The number of rotatable bonds is 5. The standard InChI is InChI=1S/C19H17N3OS/c1-14(11-20)13-24-19-21-17-10-6-5-9-16(17)18(23)22(19)12-15-7-3-2-4-8-15/h2-10,14H,12-13H2,1H3/t14-/m0/s1. The summed E-state index contributed by atoms with van der Waals surface area (Å²) in [6, 6.07) is 19.5. The Labute approximate surface area is 144 Å². The Balaban J connectivity index is 2.07. The third kappa shape index (κ3) is 3.50. The van der Waals surface area contributed by atoms with Crippen LogP contribution in [0, 0.1) is 17.2 Å². The first-order valence-corrected chi connectivity index (χ1v) is 8.73. The molecule has 1 atom stereocenters. The Hall–Kier alpha value is -2.58. The molecule has 2 aromatic carbocycles. The SMILES string of the molecule is C[C@@H](C#N)CSc1nc2ccccc2c(=O)n1Cc1ccccc1. The molecule has 24 heavy (non-hydrogen) atoms. The van der Waals surface area contributed by atoms with Crippen LogP contribution in [0.2, 0.25) is 0 Å². The molecule has 0 amide bonds. The summed E-state index contributed by atoms with van der Waals surface area (Å²) in [7, 11) is 0. The van der Waals surface area contributed by atoms with E-state index in [4.69, 9.17) is 5.26 Å². The van der Waals surface area contributed by atoms with Gasteiger partial charge < -0.3 is 0 Å². The molecule has 0 radical (unpaired) electrons. The second-order valence-corrected chi connectivity index (χ2v) is 6.62. The highest BCUT2D eigenvalue weighted by atomic mass is 32.2. The average Bonchev–Trinajstić information content (AvgIpc) is 2.63. The molecule has 0 fully saturated rings. The molecular formula is C19H17N3OS. The van der Waals surface area contributed by atoms with Crippen molar-refractivity contribution >= 4 is 22.7 Å². The van der Waals surface area contributed by atoms with E-state index in [0.29, 0.717) is 28.4 Å². The van der Waals surface area contributed by atoms with Gasteiger partial charge >= 0.3 is 0 Å². The predicted octanol–water partition coefficient (Wildman–Crippen LogP) is 3.70. The normalized spacial score (nSPS) is 12.0. The van der Waals surface area contributed by atoms with E-state index in [1.807, 2.05) is 55.5 Å². The number of hydrogen-bond donors (Lipinski definition) is 0. The molecule has 3 aromatic rings. The average molecular weight is 335 g/mol. The lowest BCUT2D eigenvalue weighted by molar-refractivity contribution is 0.657. The van der Waals surface area contributed by atoms with Gasteiger partial charge in [0.2, 0.25) is 0 Å². The molecule has 0 spiro atoms. The molecule has 0 aliphatic heterocycles. The number of fused-ring (bicyclic) bond motifs is 1. The Morgan fingerprint density at radius 3 is 2.62 bits per heavy atom. The van der Waals surface area contributed by atoms with Gasteiger partial charge in [0.1, 0.15) is 0 Å². The first-order valence-electron chi connectivity index (χ1n) is 7.75. The topological polar surface area (TPSA) is 58.7 Å². The van der Waals surface area contributed by atoms with E-state index in [2.05, 4.69) is 11.1 Å². The zero-order valence-electron chi connectivity index (χ0n) is 13.3. The van der Waals surface area contributed by atoms with Crippen LogP contribution in [0.4, 0.5) is 0 Å². The Morgan fingerprint density at radius 1 is 1.17 bits per heavy atom. The Bertz CT molecular complexity index is 944. The minimum Gasteiger partial charge on any atom is -0.283 e. The summed E-state index contributed by atoms with van der Waals surface area (Å²) in [6.07, 6.45) is 0. The van der Waals surface area contributed by atoms with E-state index in [0.717, 1.165) is 5.56 Å². The van der Waals surface area contributed by atoms with E-state index >= 15 is 0 Å². The van der Waals surface area contributed by atoms with Gasteiger partial charge in [-0.1, -0.05) is 54.2 Å². The van der Waals surface area contributed by atoms with Crippen LogP contribution in [0.15, 0.2) is 64.5 Å². The van der Waals surface area contributed by atoms with Crippen molar-refractivity contribution in [2.24, 2.45) is 5.92 Å².